The molecule has 0 saturated carbocycles. The number of phosphoric ester groups is 2. The first-order valence-corrected chi connectivity index (χ1v) is 44.6. The molecule has 0 fully saturated rings. The fourth-order valence-corrected chi connectivity index (χ4v) is 14.0. The molecule has 5 atom stereocenters. The molecule has 0 aromatic carbocycles. The van der Waals surface area contributed by atoms with Gasteiger partial charge in [-0.1, -0.05) is 375 Å². The zero-order chi connectivity index (χ0) is 72.7. The van der Waals surface area contributed by atoms with E-state index in [1.165, 1.54) is 244 Å². The molecule has 0 aromatic heterocycles. The van der Waals surface area contributed by atoms with Crippen molar-refractivity contribution in [2.75, 3.05) is 39.6 Å². The third kappa shape index (κ3) is 74.1. The summed E-state index contributed by atoms with van der Waals surface area (Å²) in [5.74, 6) is -1.43. The number of hydrogen-bond donors (Lipinski definition) is 3. The predicted molar refractivity (Wildman–Crippen MR) is 405 cm³/mol. The van der Waals surface area contributed by atoms with Crippen molar-refractivity contribution in [3.63, 3.8) is 0 Å². The molecule has 0 spiro atoms. The van der Waals surface area contributed by atoms with Crippen LogP contribution < -0.4 is 0 Å². The molecule has 0 aromatic rings. The quantitative estimate of drug-likeness (QED) is 0.0222. The molecule has 99 heavy (non-hydrogen) atoms. The Labute approximate surface area is 607 Å². The van der Waals surface area contributed by atoms with Crippen molar-refractivity contribution >= 4 is 39.5 Å². The summed E-state index contributed by atoms with van der Waals surface area (Å²) in [7, 11) is -9.91. The van der Waals surface area contributed by atoms with Crippen molar-refractivity contribution in [1.29, 1.82) is 0 Å². The Balaban J connectivity index is 5.17. The highest BCUT2D eigenvalue weighted by Crippen LogP contribution is 2.45. The molecule has 0 saturated heterocycles. The van der Waals surface area contributed by atoms with E-state index in [9.17, 15) is 43.2 Å². The zero-order valence-electron chi connectivity index (χ0n) is 64.6. The summed E-state index contributed by atoms with van der Waals surface area (Å²) in [5, 5.41) is 10.6. The van der Waals surface area contributed by atoms with Crippen LogP contribution in [0.3, 0.4) is 0 Å². The Kier molecular flexibility index (Phi) is 71.6. The van der Waals surface area contributed by atoms with Crippen molar-refractivity contribution in [2.24, 2.45) is 5.92 Å². The van der Waals surface area contributed by atoms with Gasteiger partial charge in [0.15, 0.2) is 12.2 Å². The summed E-state index contributed by atoms with van der Waals surface area (Å²) in [6, 6.07) is 0. The molecule has 0 aliphatic heterocycles. The van der Waals surface area contributed by atoms with Crippen LogP contribution in [0.2, 0.25) is 0 Å². The second-order valence-corrected chi connectivity index (χ2v) is 32.2. The standard InChI is InChI=1S/C80H156O17P2/c1-6-9-12-15-18-21-24-26-28-30-32-33-35-37-39-41-43-46-49-56-61-66-80(85)96-75(69-90-77(82)63-58-53-47-45-42-40-38-36-34-31-29-27-25-22-19-16-13-10-7-2)71-94-98(86,87)92-67-74(81)68-93-99(88,89)95-72-76(70-91-78(83)64-59-54-51-50-52-57-62-73(4)5)97-79(84)65-60-55-48-44-23-20-17-14-11-8-3/h73-76,81H,6-72H2,1-5H3,(H,86,87)(H,88,89)/t74-,75-,76-/m1/s1. The number of aliphatic hydroxyl groups is 1. The van der Waals surface area contributed by atoms with Gasteiger partial charge in [0, 0.05) is 25.7 Å². The third-order valence-electron chi connectivity index (χ3n) is 18.8. The van der Waals surface area contributed by atoms with Gasteiger partial charge in [-0.25, -0.2) is 9.13 Å². The Morgan fingerprint density at radius 3 is 0.687 bits per heavy atom. The van der Waals surface area contributed by atoms with Crippen molar-refractivity contribution in [1.82, 2.24) is 0 Å². The SMILES string of the molecule is CCCCCCCCCCCCCCCCCCCCCCCC(=O)O[C@H](COC(=O)CCCCCCCCCCCCCCCCCCCCC)COP(=O)(O)OC[C@@H](O)COP(=O)(O)OC[C@@H](COC(=O)CCCCCCCCC(C)C)OC(=O)CCCCCCCCCCCC. The first-order chi connectivity index (χ1) is 48.0. The van der Waals surface area contributed by atoms with Crippen molar-refractivity contribution < 1.29 is 80.2 Å². The largest absolute Gasteiger partial charge is 0.472 e. The average molecular weight is 1450 g/mol. The topological polar surface area (TPSA) is 237 Å². The molecule has 0 heterocycles. The summed E-state index contributed by atoms with van der Waals surface area (Å²) in [5.41, 5.74) is 0. The summed E-state index contributed by atoms with van der Waals surface area (Å²) in [4.78, 5) is 72.8. The van der Waals surface area contributed by atoms with Crippen LogP contribution in [-0.2, 0) is 65.4 Å². The summed E-state index contributed by atoms with van der Waals surface area (Å²) in [6.45, 7) is 7.22. The molecule has 0 aliphatic rings. The third-order valence-corrected chi connectivity index (χ3v) is 20.7. The minimum absolute atomic E-state index is 0.106. The van der Waals surface area contributed by atoms with E-state index >= 15 is 0 Å². The Morgan fingerprint density at radius 2 is 0.465 bits per heavy atom. The average Bonchev–Trinajstić information content (AvgIpc) is 1.13. The summed E-state index contributed by atoms with van der Waals surface area (Å²) in [6.07, 6.45) is 64.2. The van der Waals surface area contributed by atoms with Gasteiger partial charge < -0.3 is 33.8 Å². The first-order valence-electron chi connectivity index (χ1n) is 41.6. The Morgan fingerprint density at radius 1 is 0.273 bits per heavy atom. The van der Waals surface area contributed by atoms with E-state index in [1.54, 1.807) is 0 Å². The predicted octanol–water partition coefficient (Wildman–Crippen LogP) is 24.0. The van der Waals surface area contributed by atoms with Gasteiger partial charge in [-0.2, -0.15) is 0 Å². The molecule has 0 bridgehead atoms. The second kappa shape index (κ2) is 73.0. The second-order valence-electron chi connectivity index (χ2n) is 29.3. The number of rotatable bonds is 80. The van der Waals surface area contributed by atoms with Crippen LogP contribution >= 0.6 is 15.6 Å². The highest BCUT2D eigenvalue weighted by atomic mass is 31.2. The number of aliphatic hydroxyl groups excluding tert-OH is 1. The van der Waals surface area contributed by atoms with Gasteiger partial charge >= 0.3 is 39.5 Å². The number of carbonyl (C=O) groups excluding carboxylic acids is 4. The highest BCUT2D eigenvalue weighted by Gasteiger charge is 2.30. The van der Waals surface area contributed by atoms with Crippen LogP contribution in [0.5, 0.6) is 0 Å². The lowest BCUT2D eigenvalue weighted by Gasteiger charge is -2.21. The molecule has 588 valence electrons. The monoisotopic (exact) mass is 1450 g/mol. The lowest BCUT2D eigenvalue weighted by atomic mass is 10.0. The molecule has 0 amide bonds. The summed E-state index contributed by atoms with van der Waals surface area (Å²) >= 11 is 0. The van der Waals surface area contributed by atoms with Crippen LogP contribution in [0.25, 0.3) is 0 Å². The van der Waals surface area contributed by atoms with Crippen molar-refractivity contribution in [2.45, 2.75) is 445 Å². The number of unbranched alkanes of at least 4 members (excludes halogenated alkanes) is 52. The minimum Gasteiger partial charge on any atom is -0.462 e. The Bertz CT molecular complexity index is 1890. The van der Waals surface area contributed by atoms with Gasteiger partial charge in [0.1, 0.15) is 19.3 Å². The fourth-order valence-electron chi connectivity index (χ4n) is 12.4. The summed E-state index contributed by atoms with van der Waals surface area (Å²) < 4.78 is 68.6. The maximum Gasteiger partial charge on any atom is 0.472 e. The van der Waals surface area contributed by atoms with Gasteiger partial charge in [0.2, 0.25) is 0 Å². The maximum absolute atomic E-state index is 13.1. The number of ether oxygens (including phenoxy) is 4. The molecule has 2 unspecified atom stereocenters. The van der Waals surface area contributed by atoms with Crippen LogP contribution in [0.15, 0.2) is 0 Å². The van der Waals surface area contributed by atoms with Gasteiger partial charge in [0.05, 0.1) is 26.4 Å². The molecular formula is C80H156O17P2. The maximum atomic E-state index is 13.1. The molecule has 19 heteroatoms. The van der Waals surface area contributed by atoms with Gasteiger partial charge in [-0.15, -0.1) is 0 Å². The first kappa shape index (κ1) is 97.1. The van der Waals surface area contributed by atoms with Gasteiger partial charge in [-0.3, -0.25) is 37.3 Å². The molecule has 17 nitrogen and oxygen atoms in total. The molecule has 0 rings (SSSR count). The highest BCUT2D eigenvalue weighted by molar-refractivity contribution is 7.47. The van der Waals surface area contributed by atoms with Crippen LogP contribution in [0.1, 0.15) is 426 Å². The molecule has 0 radical (unpaired) electrons. The van der Waals surface area contributed by atoms with E-state index < -0.39 is 97.5 Å². The van der Waals surface area contributed by atoms with E-state index in [0.29, 0.717) is 31.6 Å². The van der Waals surface area contributed by atoms with E-state index in [1.807, 2.05) is 0 Å². The smallest absolute Gasteiger partial charge is 0.462 e. The van der Waals surface area contributed by atoms with E-state index in [2.05, 4.69) is 34.6 Å². The lowest BCUT2D eigenvalue weighted by Crippen LogP contribution is -2.30. The Hall–Kier alpha value is -1.94. The van der Waals surface area contributed by atoms with Crippen LogP contribution in [0, 0.1) is 5.92 Å². The van der Waals surface area contributed by atoms with Gasteiger partial charge in [-0.05, 0) is 31.6 Å². The fraction of sp³-hybridized carbons (Fsp3) is 0.950. The number of esters is 4. The van der Waals surface area contributed by atoms with E-state index in [-0.39, 0.29) is 25.7 Å². The van der Waals surface area contributed by atoms with Gasteiger partial charge in [0.25, 0.3) is 0 Å². The van der Waals surface area contributed by atoms with E-state index in [4.69, 9.17) is 37.0 Å². The molecule has 0 aliphatic carbocycles. The zero-order valence-corrected chi connectivity index (χ0v) is 66.4. The minimum atomic E-state index is -4.96. The van der Waals surface area contributed by atoms with Crippen molar-refractivity contribution in [3.8, 4) is 0 Å². The van der Waals surface area contributed by atoms with Crippen LogP contribution in [-0.4, -0.2) is 96.7 Å². The number of carbonyl (C=O) groups is 4. The number of hydrogen-bond acceptors (Lipinski definition) is 15. The molecular weight excluding hydrogens is 1290 g/mol. The van der Waals surface area contributed by atoms with Crippen molar-refractivity contribution in [3.05, 3.63) is 0 Å². The normalized spacial score (nSPS) is 13.9. The molecule has 3 N–H and O–H groups in total. The lowest BCUT2D eigenvalue weighted by molar-refractivity contribution is -0.161. The number of phosphoric acid groups is 2. The van der Waals surface area contributed by atoms with Crippen LogP contribution in [0.4, 0.5) is 0 Å². The van der Waals surface area contributed by atoms with E-state index in [0.717, 1.165) is 96.3 Å².